The second-order valence-electron chi connectivity index (χ2n) is 6.87. The van der Waals surface area contributed by atoms with Crippen molar-refractivity contribution in [1.82, 2.24) is 4.90 Å². The fourth-order valence-electron chi connectivity index (χ4n) is 4.26. The predicted octanol–water partition coefficient (Wildman–Crippen LogP) is 2.49. The van der Waals surface area contributed by atoms with Gasteiger partial charge in [0, 0.05) is 12.6 Å². The predicted molar refractivity (Wildman–Crippen MR) is 85.9 cm³/mol. The van der Waals surface area contributed by atoms with Crippen LogP contribution < -0.4 is 5.73 Å². The van der Waals surface area contributed by atoms with E-state index in [0.717, 1.165) is 30.5 Å². The standard InChI is InChI=1S/C18H28N2O/c19-18(14-21,16-8-2-1-3-9-16)11-13-20-12-5-7-15-6-4-10-17(15)20/h1-3,8-9,15,17,21H,4-7,10-14,19H2. The first-order chi connectivity index (χ1) is 10.2. The monoisotopic (exact) mass is 288 g/mol. The summed E-state index contributed by atoms with van der Waals surface area (Å²) in [6, 6.07) is 10.8. The summed E-state index contributed by atoms with van der Waals surface area (Å²) in [5, 5.41) is 9.81. The van der Waals surface area contributed by atoms with Crippen LogP contribution in [0.2, 0.25) is 0 Å². The number of nitrogens with zero attached hydrogens (tertiary/aromatic N) is 1. The smallest absolute Gasteiger partial charge is 0.0656 e. The van der Waals surface area contributed by atoms with Crippen molar-refractivity contribution in [2.24, 2.45) is 11.7 Å². The molecule has 1 aliphatic carbocycles. The third-order valence-electron chi connectivity index (χ3n) is 5.58. The Bertz CT molecular complexity index is 450. The molecule has 2 aliphatic rings. The Morgan fingerprint density at radius 3 is 2.67 bits per heavy atom. The van der Waals surface area contributed by atoms with Crippen LogP contribution in [0.3, 0.4) is 0 Å². The third kappa shape index (κ3) is 3.15. The minimum absolute atomic E-state index is 0.0128. The number of likely N-dealkylation sites (tertiary alicyclic amines) is 1. The van der Waals surface area contributed by atoms with Crippen LogP contribution in [-0.2, 0) is 5.54 Å². The van der Waals surface area contributed by atoms with Crippen molar-refractivity contribution >= 4 is 0 Å². The molecule has 0 spiro atoms. The van der Waals surface area contributed by atoms with Crippen molar-refractivity contribution in [1.29, 1.82) is 0 Å². The second-order valence-corrected chi connectivity index (χ2v) is 6.87. The highest BCUT2D eigenvalue weighted by Gasteiger charge is 2.36. The number of aliphatic hydroxyl groups is 1. The van der Waals surface area contributed by atoms with Crippen molar-refractivity contribution in [2.45, 2.75) is 50.1 Å². The first kappa shape index (κ1) is 15.0. The van der Waals surface area contributed by atoms with Gasteiger partial charge < -0.3 is 15.7 Å². The van der Waals surface area contributed by atoms with Gasteiger partial charge in [-0.05, 0) is 50.1 Å². The number of aliphatic hydroxyl groups excluding tert-OH is 1. The topological polar surface area (TPSA) is 49.5 Å². The van der Waals surface area contributed by atoms with Gasteiger partial charge in [-0.1, -0.05) is 36.8 Å². The summed E-state index contributed by atoms with van der Waals surface area (Å²) in [4.78, 5) is 2.64. The molecule has 21 heavy (non-hydrogen) atoms. The molecule has 3 heteroatoms. The first-order valence-electron chi connectivity index (χ1n) is 8.42. The Hall–Kier alpha value is -0.900. The van der Waals surface area contributed by atoms with E-state index >= 15 is 0 Å². The Balaban J connectivity index is 1.65. The van der Waals surface area contributed by atoms with Gasteiger partial charge in [0.15, 0.2) is 0 Å². The van der Waals surface area contributed by atoms with E-state index in [-0.39, 0.29) is 6.61 Å². The lowest BCUT2D eigenvalue weighted by molar-refractivity contribution is 0.0918. The Morgan fingerprint density at radius 1 is 1.14 bits per heavy atom. The number of fused-ring (bicyclic) bond motifs is 1. The lowest BCUT2D eigenvalue weighted by Gasteiger charge is -2.40. The number of nitrogens with two attached hydrogens (primary N) is 1. The van der Waals surface area contributed by atoms with Gasteiger partial charge >= 0.3 is 0 Å². The number of rotatable bonds is 5. The normalized spacial score (nSPS) is 29.0. The van der Waals surface area contributed by atoms with E-state index in [1.807, 2.05) is 30.3 Å². The fourth-order valence-corrected chi connectivity index (χ4v) is 4.26. The molecule has 1 aliphatic heterocycles. The molecule has 1 aromatic carbocycles. The van der Waals surface area contributed by atoms with Crippen molar-refractivity contribution in [3.63, 3.8) is 0 Å². The molecular formula is C18H28N2O. The summed E-state index contributed by atoms with van der Waals surface area (Å²) in [6.45, 7) is 2.23. The molecule has 2 fully saturated rings. The number of benzene rings is 1. The summed E-state index contributed by atoms with van der Waals surface area (Å²) >= 11 is 0. The largest absolute Gasteiger partial charge is 0.394 e. The lowest BCUT2D eigenvalue weighted by Crippen LogP contribution is -2.48. The molecule has 1 heterocycles. The zero-order valence-electron chi connectivity index (χ0n) is 12.9. The molecule has 3 atom stereocenters. The van der Waals surface area contributed by atoms with Crippen LogP contribution >= 0.6 is 0 Å². The molecule has 0 bridgehead atoms. The Kier molecular flexibility index (Phi) is 4.63. The van der Waals surface area contributed by atoms with Crippen molar-refractivity contribution in [3.8, 4) is 0 Å². The van der Waals surface area contributed by atoms with E-state index < -0.39 is 5.54 Å². The van der Waals surface area contributed by atoms with E-state index in [1.165, 1.54) is 38.6 Å². The van der Waals surface area contributed by atoms with Crippen LogP contribution in [0.15, 0.2) is 30.3 Å². The summed E-state index contributed by atoms with van der Waals surface area (Å²) in [6.07, 6.45) is 7.71. The van der Waals surface area contributed by atoms with Crippen LogP contribution in [0.4, 0.5) is 0 Å². The van der Waals surface area contributed by atoms with Gasteiger partial charge in [-0.25, -0.2) is 0 Å². The molecule has 0 amide bonds. The minimum Gasteiger partial charge on any atom is -0.394 e. The minimum atomic E-state index is -0.604. The molecule has 1 saturated carbocycles. The summed E-state index contributed by atoms with van der Waals surface area (Å²) in [7, 11) is 0. The Morgan fingerprint density at radius 2 is 1.90 bits per heavy atom. The van der Waals surface area contributed by atoms with Crippen LogP contribution in [0.25, 0.3) is 0 Å². The number of hydrogen-bond donors (Lipinski definition) is 2. The van der Waals surface area contributed by atoms with E-state index in [4.69, 9.17) is 5.73 Å². The molecule has 0 aromatic heterocycles. The maximum Gasteiger partial charge on any atom is 0.0656 e. The molecular weight excluding hydrogens is 260 g/mol. The van der Waals surface area contributed by atoms with Crippen LogP contribution in [0, 0.1) is 5.92 Å². The fraction of sp³-hybridized carbons (Fsp3) is 0.667. The molecule has 116 valence electrons. The first-order valence-corrected chi connectivity index (χ1v) is 8.42. The molecule has 3 rings (SSSR count). The van der Waals surface area contributed by atoms with Crippen LogP contribution in [0.5, 0.6) is 0 Å². The van der Waals surface area contributed by atoms with Gasteiger partial charge in [0.2, 0.25) is 0 Å². The van der Waals surface area contributed by atoms with Gasteiger partial charge in [-0.2, -0.15) is 0 Å². The molecule has 3 unspecified atom stereocenters. The highest BCUT2D eigenvalue weighted by molar-refractivity contribution is 5.24. The summed E-state index contributed by atoms with van der Waals surface area (Å²) < 4.78 is 0. The van der Waals surface area contributed by atoms with Gasteiger partial charge in [-0.15, -0.1) is 0 Å². The van der Waals surface area contributed by atoms with Gasteiger partial charge in [-0.3, -0.25) is 0 Å². The van der Waals surface area contributed by atoms with Crippen LogP contribution in [-0.4, -0.2) is 35.7 Å². The average Bonchev–Trinajstić information content (AvgIpc) is 3.02. The highest BCUT2D eigenvalue weighted by atomic mass is 16.3. The second kappa shape index (κ2) is 6.47. The van der Waals surface area contributed by atoms with Crippen LogP contribution in [0.1, 0.15) is 44.1 Å². The molecule has 0 radical (unpaired) electrons. The third-order valence-corrected chi connectivity index (χ3v) is 5.58. The zero-order valence-corrected chi connectivity index (χ0v) is 12.9. The summed E-state index contributed by atoms with van der Waals surface area (Å²) in [5.74, 6) is 0.914. The van der Waals surface area contributed by atoms with Crippen molar-refractivity contribution < 1.29 is 5.11 Å². The quantitative estimate of drug-likeness (QED) is 0.875. The van der Waals surface area contributed by atoms with Gasteiger partial charge in [0.25, 0.3) is 0 Å². The van der Waals surface area contributed by atoms with Crippen molar-refractivity contribution in [3.05, 3.63) is 35.9 Å². The SMILES string of the molecule is NC(CO)(CCN1CCCC2CCCC21)c1ccccc1. The Labute approximate surface area is 128 Å². The van der Waals surface area contributed by atoms with E-state index in [2.05, 4.69) is 4.90 Å². The molecule has 1 aromatic rings. The molecule has 1 saturated heterocycles. The van der Waals surface area contributed by atoms with E-state index in [9.17, 15) is 5.11 Å². The van der Waals surface area contributed by atoms with Gasteiger partial charge in [0.05, 0.1) is 12.1 Å². The summed E-state index contributed by atoms with van der Waals surface area (Å²) in [5.41, 5.74) is 6.94. The lowest BCUT2D eigenvalue weighted by atomic mass is 9.86. The maximum absolute atomic E-state index is 9.81. The number of hydrogen-bond acceptors (Lipinski definition) is 3. The maximum atomic E-state index is 9.81. The highest BCUT2D eigenvalue weighted by Crippen LogP contribution is 2.37. The van der Waals surface area contributed by atoms with Gasteiger partial charge in [0.1, 0.15) is 0 Å². The molecule has 3 N–H and O–H groups in total. The number of piperidine rings is 1. The van der Waals surface area contributed by atoms with Crippen molar-refractivity contribution in [2.75, 3.05) is 19.7 Å². The average molecular weight is 288 g/mol. The zero-order chi connectivity index (χ0) is 14.7. The molecule has 3 nitrogen and oxygen atoms in total. The van der Waals surface area contributed by atoms with E-state index in [0.29, 0.717) is 0 Å². The van der Waals surface area contributed by atoms with E-state index in [1.54, 1.807) is 0 Å².